The Labute approximate surface area is 90.6 Å². The van der Waals surface area contributed by atoms with Crippen LogP contribution in [0.4, 0.5) is 0 Å². The van der Waals surface area contributed by atoms with E-state index in [9.17, 15) is 9.59 Å². The zero-order valence-electron chi connectivity index (χ0n) is 8.25. The molecule has 0 fully saturated rings. The predicted molar refractivity (Wildman–Crippen MR) is 51.0 cm³/mol. The summed E-state index contributed by atoms with van der Waals surface area (Å²) < 4.78 is 1.29. The second kappa shape index (κ2) is 5.45. The van der Waals surface area contributed by atoms with E-state index in [2.05, 4.69) is 26.8 Å². The second-order valence-electron chi connectivity index (χ2n) is 2.80. The monoisotopic (exact) mass is 223 g/mol. The SMILES string of the molecule is C#CCn1nnnc1CC(=O)NCC(=O)O. The quantitative estimate of drug-likeness (QED) is 0.561. The van der Waals surface area contributed by atoms with Crippen molar-refractivity contribution in [3.05, 3.63) is 5.82 Å². The van der Waals surface area contributed by atoms with E-state index in [0.717, 1.165) is 0 Å². The third-order valence-electron chi connectivity index (χ3n) is 1.60. The Hall–Kier alpha value is -2.43. The van der Waals surface area contributed by atoms with Gasteiger partial charge in [0.25, 0.3) is 0 Å². The molecule has 1 heterocycles. The zero-order valence-corrected chi connectivity index (χ0v) is 8.25. The number of aliphatic carboxylic acids is 1. The molecule has 2 N–H and O–H groups in total. The number of tetrazole rings is 1. The fraction of sp³-hybridized carbons (Fsp3) is 0.375. The number of aromatic nitrogens is 4. The van der Waals surface area contributed by atoms with Gasteiger partial charge in [0, 0.05) is 0 Å². The summed E-state index contributed by atoms with van der Waals surface area (Å²) in [6, 6.07) is 0. The van der Waals surface area contributed by atoms with Crippen molar-refractivity contribution in [1.29, 1.82) is 0 Å². The number of carbonyl (C=O) groups is 2. The molecular formula is C8H9N5O3. The van der Waals surface area contributed by atoms with Gasteiger partial charge in [-0.25, -0.2) is 4.68 Å². The molecule has 1 aromatic heterocycles. The van der Waals surface area contributed by atoms with Crippen LogP contribution in [0.15, 0.2) is 0 Å². The molecule has 0 aromatic carbocycles. The number of amides is 1. The van der Waals surface area contributed by atoms with E-state index in [1.807, 2.05) is 0 Å². The molecule has 0 aliphatic rings. The molecule has 1 amide bonds. The molecule has 0 spiro atoms. The largest absolute Gasteiger partial charge is 0.480 e. The lowest BCUT2D eigenvalue weighted by atomic mass is 10.3. The van der Waals surface area contributed by atoms with Crippen LogP contribution in [-0.4, -0.2) is 43.7 Å². The van der Waals surface area contributed by atoms with Gasteiger partial charge >= 0.3 is 5.97 Å². The maximum absolute atomic E-state index is 11.2. The molecule has 0 aliphatic carbocycles. The van der Waals surface area contributed by atoms with E-state index < -0.39 is 18.4 Å². The first-order chi connectivity index (χ1) is 7.63. The number of hydrogen-bond donors (Lipinski definition) is 2. The van der Waals surface area contributed by atoms with Crippen LogP contribution in [0.3, 0.4) is 0 Å². The van der Waals surface area contributed by atoms with E-state index >= 15 is 0 Å². The van der Waals surface area contributed by atoms with Gasteiger partial charge in [-0.15, -0.1) is 11.5 Å². The molecule has 0 radical (unpaired) electrons. The Bertz CT molecular complexity index is 433. The first kappa shape index (κ1) is 11.6. The highest BCUT2D eigenvalue weighted by atomic mass is 16.4. The summed E-state index contributed by atoms with van der Waals surface area (Å²) in [5.74, 6) is 1.03. The Morgan fingerprint density at radius 1 is 1.56 bits per heavy atom. The van der Waals surface area contributed by atoms with Crippen molar-refractivity contribution < 1.29 is 14.7 Å². The van der Waals surface area contributed by atoms with Crippen LogP contribution in [-0.2, 0) is 22.6 Å². The lowest BCUT2D eigenvalue weighted by Gasteiger charge is -2.01. The smallest absolute Gasteiger partial charge is 0.322 e. The van der Waals surface area contributed by atoms with Gasteiger partial charge in [0.15, 0.2) is 5.82 Å². The van der Waals surface area contributed by atoms with E-state index in [4.69, 9.17) is 11.5 Å². The molecule has 84 valence electrons. The van der Waals surface area contributed by atoms with Crippen LogP contribution in [0.5, 0.6) is 0 Å². The van der Waals surface area contributed by atoms with Crippen LogP contribution >= 0.6 is 0 Å². The maximum atomic E-state index is 11.2. The number of rotatable bonds is 5. The highest BCUT2D eigenvalue weighted by Crippen LogP contribution is 1.92. The fourth-order valence-electron chi connectivity index (χ4n) is 0.939. The first-order valence-electron chi connectivity index (χ1n) is 4.30. The molecule has 0 saturated carbocycles. The van der Waals surface area contributed by atoms with Crippen molar-refractivity contribution in [3.63, 3.8) is 0 Å². The van der Waals surface area contributed by atoms with Crippen molar-refractivity contribution in [3.8, 4) is 12.3 Å². The van der Waals surface area contributed by atoms with Crippen molar-refractivity contribution >= 4 is 11.9 Å². The van der Waals surface area contributed by atoms with Crippen molar-refractivity contribution in [2.75, 3.05) is 6.54 Å². The average molecular weight is 223 g/mol. The van der Waals surface area contributed by atoms with Crippen molar-refractivity contribution in [2.24, 2.45) is 0 Å². The molecule has 8 nitrogen and oxygen atoms in total. The van der Waals surface area contributed by atoms with Gasteiger partial charge < -0.3 is 10.4 Å². The van der Waals surface area contributed by atoms with Crippen LogP contribution in [0.2, 0.25) is 0 Å². The summed E-state index contributed by atoms with van der Waals surface area (Å²) in [5.41, 5.74) is 0. The van der Waals surface area contributed by atoms with Gasteiger partial charge in [-0.05, 0) is 10.4 Å². The van der Waals surface area contributed by atoms with Crippen molar-refractivity contribution in [2.45, 2.75) is 13.0 Å². The minimum absolute atomic E-state index is 0.109. The normalized spacial score (nSPS) is 9.44. The zero-order chi connectivity index (χ0) is 12.0. The van der Waals surface area contributed by atoms with Gasteiger partial charge in [-0.2, -0.15) is 0 Å². The van der Waals surface area contributed by atoms with Gasteiger partial charge in [0.2, 0.25) is 5.91 Å². The van der Waals surface area contributed by atoms with E-state index in [1.54, 1.807) is 0 Å². The highest BCUT2D eigenvalue weighted by molar-refractivity contribution is 5.82. The molecular weight excluding hydrogens is 214 g/mol. The van der Waals surface area contributed by atoms with Crippen LogP contribution < -0.4 is 5.32 Å². The number of carboxylic acid groups (broad SMARTS) is 1. The minimum atomic E-state index is -1.11. The number of nitrogens with zero attached hydrogens (tertiary/aromatic N) is 4. The third-order valence-corrected chi connectivity index (χ3v) is 1.60. The van der Waals surface area contributed by atoms with Gasteiger partial charge in [-0.3, -0.25) is 9.59 Å². The van der Waals surface area contributed by atoms with Crippen LogP contribution in [0.1, 0.15) is 5.82 Å². The van der Waals surface area contributed by atoms with Gasteiger partial charge in [0.1, 0.15) is 13.1 Å². The molecule has 0 atom stereocenters. The topological polar surface area (TPSA) is 110 Å². The predicted octanol–water partition coefficient (Wildman–Crippen LogP) is -1.95. The Kier molecular flexibility index (Phi) is 3.97. The Morgan fingerprint density at radius 2 is 2.31 bits per heavy atom. The Morgan fingerprint density at radius 3 is 2.94 bits per heavy atom. The summed E-state index contributed by atoms with van der Waals surface area (Å²) in [7, 11) is 0. The summed E-state index contributed by atoms with van der Waals surface area (Å²) >= 11 is 0. The molecule has 1 aromatic rings. The number of carboxylic acids is 1. The van der Waals surface area contributed by atoms with Crippen molar-refractivity contribution in [1.82, 2.24) is 25.5 Å². The average Bonchev–Trinajstić information content (AvgIpc) is 2.63. The summed E-state index contributed by atoms with van der Waals surface area (Å²) in [4.78, 5) is 21.4. The van der Waals surface area contributed by atoms with E-state index in [0.29, 0.717) is 5.82 Å². The number of carbonyl (C=O) groups excluding carboxylic acids is 1. The maximum Gasteiger partial charge on any atom is 0.322 e. The van der Waals surface area contributed by atoms with Crippen LogP contribution in [0, 0.1) is 12.3 Å². The minimum Gasteiger partial charge on any atom is -0.480 e. The second-order valence-corrected chi connectivity index (χ2v) is 2.80. The molecule has 0 saturated heterocycles. The lowest BCUT2D eigenvalue weighted by molar-refractivity contribution is -0.137. The number of terminal acetylenes is 1. The molecule has 0 unspecified atom stereocenters. The van der Waals surface area contributed by atoms with Crippen LogP contribution in [0.25, 0.3) is 0 Å². The van der Waals surface area contributed by atoms with Gasteiger partial charge in [0.05, 0.1) is 6.42 Å². The molecule has 8 heteroatoms. The summed E-state index contributed by atoms with van der Waals surface area (Å²) in [6.07, 6.45) is 4.96. The first-order valence-corrected chi connectivity index (χ1v) is 4.30. The molecule has 16 heavy (non-hydrogen) atoms. The standard InChI is InChI=1S/C8H9N5O3/c1-2-3-13-6(10-11-12-13)4-7(14)9-5-8(15)16/h1H,3-5H2,(H,9,14)(H,15,16). The number of nitrogens with one attached hydrogen (secondary N) is 1. The molecule has 0 aliphatic heterocycles. The molecule has 1 rings (SSSR count). The third kappa shape index (κ3) is 3.38. The fourth-order valence-corrected chi connectivity index (χ4v) is 0.939. The summed E-state index contributed by atoms with van der Waals surface area (Å²) in [6.45, 7) is -0.274. The van der Waals surface area contributed by atoms with E-state index in [-0.39, 0.29) is 13.0 Å². The highest BCUT2D eigenvalue weighted by Gasteiger charge is 2.11. The Balaban J connectivity index is 2.53. The summed E-state index contributed by atoms with van der Waals surface area (Å²) in [5, 5.41) is 21.1. The lowest BCUT2D eigenvalue weighted by Crippen LogP contribution is -2.31. The van der Waals surface area contributed by atoms with E-state index in [1.165, 1.54) is 4.68 Å². The number of hydrogen-bond acceptors (Lipinski definition) is 5. The molecule has 0 bridgehead atoms. The van der Waals surface area contributed by atoms with Gasteiger partial charge in [-0.1, -0.05) is 5.92 Å².